The van der Waals surface area contributed by atoms with Gasteiger partial charge in [0.25, 0.3) is 0 Å². The van der Waals surface area contributed by atoms with Crippen molar-refractivity contribution in [2.45, 2.75) is 159 Å². The quantitative estimate of drug-likeness (QED) is 0.125. The van der Waals surface area contributed by atoms with Crippen LogP contribution in [0.3, 0.4) is 0 Å². The van der Waals surface area contributed by atoms with Crippen molar-refractivity contribution < 1.29 is 9.47 Å². The van der Waals surface area contributed by atoms with Gasteiger partial charge in [-0.05, 0) is 140 Å². The molecule has 0 N–H and O–H groups in total. The fraction of sp³-hybridized carbons (Fsp3) is 0.491. The number of ether oxygens (including phenoxy) is 2. The average molecular weight is 842 g/mol. The van der Waals surface area contributed by atoms with Crippen molar-refractivity contribution in [2.75, 3.05) is 31.1 Å². The Hall–Kier alpha value is -4.61. The molecule has 1 fully saturated rings. The highest BCUT2D eigenvalue weighted by molar-refractivity contribution is 5.64. The van der Waals surface area contributed by atoms with Gasteiger partial charge in [-0.15, -0.1) is 0 Å². The standard InChI is InChI=1S/C18H22O.C15H25N3.C12H18O.C12H18/c1-13(2)15-5-7-16(8-6-15)17-9-11-18(12-10-17)19-14(3)4;1-12(2)14-5-6-15(16-11-14)18-9-7-17(8-10-18)13(3)4;1-9(2)11-5-7-12(8-6-11)13-10(3)4;1-9(2)11-5-7-12(8-6-11)10(3)4/h5-14H,1-4H3;5-6,11-13H,7-10H2,1-4H3;5-10H,1-4H3;5-10H,1-4H3. The molecular formula is C57H83N3O2. The summed E-state index contributed by atoms with van der Waals surface area (Å²) < 4.78 is 11.2. The second-order valence-corrected chi connectivity index (χ2v) is 19.1. The van der Waals surface area contributed by atoms with Crippen LogP contribution in [-0.2, 0) is 0 Å². The van der Waals surface area contributed by atoms with E-state index in [0.717, 1.165) is 43.5 Å². The van der Waals surface area contributed by atoms with E-state index in [4.69, 9.17) is 9.47 Å². The summed E-state index contributed by atoms with van der Waals surface area (Å²) in [7, 11) is 0. The van der Waals surface area contributed by atoms with Crippen molar-refractivity contribution >= 4 is 5.82 Å². The Morgan fingerprint density at radius 2 is 0.677 bits per heavy atom. The van der Waals surface area contributed by atoms with Crippen molar-refractivity contribution in [1.29, 1.82) is 0 Å². The van der Waals surface area contributed by atoms with Crippen LogP contribution in [0.15, 0.2) is 115 Å². The number of pyridine rings is 1. The van der Waals surface area contributed by atoms with Crippen LogP contribution in [-0.4, -0.2) is 54.3 Å². The van der Waals surface area contributed by atoms with Gasteiger partial charge in [-0.25, -0.2) is 4.98 Å². The molecule has 0 aliphatic carbocycles. The molecule has 2 heterocycles. The Bertz CT molecular complexity index is 1890. The highest BCUT2D eigenvalue weighted by Gasteiger charge is 2.19. The van der Waals surface area contributed by atoms with Crippen LogP contribution in [0.2, 0.25) is 0 Å². The minimum Gasteiger partial charge on any atom is -0.491 e. The van der Waals surface area contributed by atoms with Gasteiger partial charge in [0.1, 0.15) is 17.3 Å². The molecule has 0 spiro atoms. The van der Waals surface area contributed by atoms with Gasteiger partial charge in [0, 0.05) is 38.4 Å². The lowest BCUT2D eigenvalue weighted by Crippen LogP contribution is -2.49. The smallest absolute Gasteiger partial charge is 0.128 e. The molecule has 5 aromatic rings. The zero-order chi connectivity index (χ0) is 45.9. The summed E-state index contributed by atoms with van der Waals surface area (Å²) in [5, 5.41) is 0. The van der Waals surface area contributed by atoms with E-state index in [-0.39, 0.29) is 12.2 Å². The molecule has 0 saturated carbocycles. The largest absolute Gasteiger partial charge is 0.491 e. The first kappa shape index (κ1) is 51.7. The molecule has 1 aliphatic rings. The Kier molecular flexibility index (Phi) is 21.8. The van der Waals surface area contributed by atoms with Crippen molar-refractivity contribution in [3.05, 3.63) is 143 Å². The number of hydrogen-bond donors (Lipinski definition) is 0. The van der Waals surface area contributed by atoms with E-state index in [9.17, 15) is 0 Å². The number of benzene rings is 4. The fourth-order valence-corrected chi connectivity index (χ4v) is 6.92. The zero-order valence-electron chi connectivity index (χ0n) is 41.6. The lowest BCUT2D eigenvalue weighted by molar-refractivity contribution is 0.209. The molecule has 4 aromatic carbocycles. The first-order valence-electron chi connectivity index (χ1n) is 23.5. The predicted octanol–water partition coefficient (Wildman–Crippen LogP) is 15.5. The SMILES string of the molecule is CC(C)Oc1ccc(-c2ccc(C(C)C)cc2)cc1.CC(C)Oc1ccc(C(C)C)cc1.CC(C)c1ccc(C(C)C)cc1.CC(C)c1ccc(N2CCN(C(C)C)CC2)nc1. The maximum absolute atomic E-state index is 5.66. The number of piperazine rings is 1. The second-order valence-electron chi connectivity index (χ2n) is 19.1. The van der Waals surface area contributed by atoms with E-state index in [1.165, 1.54) is 38.9 Å². The van der Waals surface area contributed by atoms with Gasteiger partial charge in [0.2, 0.25) is 0 Å². The van der Waals surface area contributed by atoms with Crippen LogP contribution in [0.5, 0.6) is 11.5 Å². The number of anilines is 1. The van der Waals surface area contributed by atoms with Crippen LogP contribution < -0.4 is 14.4 Å². The van der Waals surface area contributed by atoms with Gasteiger partial charge in [-0.1, -0.05) is 148 Å². The van der Waals surface area contributed by atoms with Crippen molar-refractivity contribution in [3.63, 3.8) is 0 Å². The highest BCUT2D eigenvalue weighted by Crippen LogP contribution is 2.26. The molecule has 1 aromatic heterocycles. The molecule has 6 rings (SSSR count). The molecule has 0 unspecified atom stereocenters. The molecule has 1 aliphatic heterocycles. The molecule has 0 amide bonds. The average Bonchev–Trinajstić information content (AvgIpc) is 3.24. The van der Waals surface area contributed by atoms with E-state index in [1.807, 2.05) is 58.2 Å². The maximum atomic E-state index is 5.66. The van der Waals surface area contributed by atoms with E-state index in [1.54, 1.807) is 0 Å². The molecule has 62 heavy (non-hydrogen) atoms. The Labute approximate surface area is 379 Å². The first-order valence-corrected chi connectivity index (χ1v) is 23.5. The van der Waals surface area contributed by atoms with E-state index >= 15 is 0 Å². The summed E-state index contributed by atoms with van der Waals surface area (Å²) in [6.45, 7) is 39.3. The monoisotopic (exact) mass is 842 g/mol. The van der Waals surface area contributed by atoms with Crippen LogP contribution >= 0.6 is 0 Å². The van der Waals surface area contributed by atoms with E-state index in [2.05, 4.69) is 183 Å². The molecule has 5 nitrogen and oxygen atoms in total. The van der Waals surface area contributed by atoms with Crippen LogP contribution in [0.25, 0.3) is 11.1 Å². The zero-order valence-corrected chi connectivity index (χ0v) is 41.6. The number of hydrogen-bond acceptors (Lipinski definition) is 5. The summed E-state index contributed by atoms with van der Waals surface area (Å²) in [5.74, 6) is 6.03. The lowest BCUT2D eigenvalue weighted by Gasteiger charge is -2.37. The van der Waals surface area contributed by atoms with Crippen LogP contribution in [0.1, 0.15) is 168 Å². The molecular weight excluding hydrogens is 759 g/mol. The lowest BCUT2D eigenvalue weighted by atomic mass is 9.97. The summed E-state index contributed by atoms with van der Waals surface area (Å²) in [4.78, 5) is 9.52. The van der Waals surface area contributed by atoms with Gasteiger partial charge >= 0.3 is 0 Å². The predicted molar refractivity (Wildman–Crippen MR) is 270 cm³/mol. The molecule has 0 bridgehead atoms. The van der Waals surface area contributed by atoms with Crippen LogP contribution in [0, 0.1) is 0 Å². The molecule has 0 radical (unpaired) electrons. The summed E-state index contributed by atoms with van der Waals surface area (Å²) >= 11 is 0. The Balaban J connectivity index is 0.000000224. The summed E-state index contributed by atoms with van der Waals surface area (Å²) in [6.07, 6.45) is 2.50. The van der Waals surface area contributed by atoms with Gasteiger partial charge < -0.3 is 14.4 Å². The topological polar surface area (TPSA) is 37.8 Å². The minimum absolute atomic E-state index is 0.219. The fourth-order valence-electron chi connectivity index (χ4n) is 6.92. The second kappa shape index (κ2) is 26.1. The molecule has 0 atom stereocenters. The van der Waals surface area contributed by atoms with Gasteiger partial charge in [-0.2, -0.15) is 0 Å². The normalized spacial score (nSPS) is 13.0. The third-order valence-electron chi connectivity index (χ3n) is 11.1. The third kappa shape index (κ3) is 18.0. The minimum atomic E-state index is 0.219. The molecule has 338 valence electrons. The van der Waals surface area contributed by atoms with Crippen LogP contribution in [0.4, 0.5) is 5.82 Å². The first-order chi connectivity index (χ1) is 29.3. The maximum Gasteiger partial charge on any atom is 0.128 e. The van der Waals surface area contributed by atoms with Gasteiger partial charge in [0.05, 0.1) is 12.2 Å². The van der Waals surface area contributed by atoms with Crippen molar-refractivity contribution in [2.24, 2.45) is 0 Å². The Morgan fingerprint density at radius 3 is 0.984 bits per heavy atom. The summed E-state index contributed by atoms with van der Waals surface area (Å²) in [6, 6.07) is 39.4. The van der Waals surface area contributed by atoms with E-state index in [0.29, 0.717) is 35.6 Å². The van der Waals surface area contributed by atoms with E-state index < -0.39 is 0 Å². The molecule has 5 heteroatoms. The summed E-state index contributed by atoms with van der Waals surface area (Å²) in [5.41, 5.74) is 9.39. The van der Waals surface area contributed by atoms with Gasteiger partial charge in [-0.3, -0.25) is 4.90 Å². The number of aromatic nitrogens is 1. The van der Waals surface area contributed by atoms with Crippen molar-refractivity contribution in [3.8, 4) is 22.6 Å². The van der Waals surface area contributed by atoms with Crippen molar-refractivity contribution in [1.82, 2.24) is 9.88 Å². The number of rotatable bonds is 12. The van der Waals surface area contributed by atoms with Gasteiger partial charge in [0.15, 0.2) is 0 Å². The Morgan fingerprint density at radius 1 is 0.371 bits per heavy atom. The third-order valence-corrected chi connectivity index (χ3v) is 11.1. The highest BCUT2D eigenvalue weighted by atomic mass is 16.5. The molecule has 1 saturated heterocycles. The number of nitrogens with zero attached hydrogens (tertiary/aromatic N) is 3.